The number of amides is 1. The maximum absolute atomic E-state index is 15.9. The number of imidazole rings is 1. The third kappa shape index (κ3) is 9.02. The van der Waals surface area contributed by atoms with E-state index < -0.39 is 47.5 Å². The van der Waals surface area contributed by atoms with Gasteiger partial charge in [0.1, 0.15) is 22.1 Å². The van der Waals surface area contributed by atoms with Crippen LogP contribution in [0.15, 0.2) is 113 Å². The number of benzene rings is 5. The molecular weight excluding hydrogens is 839 g/mol. The van der Waals surface area contributed by atoms with Crippen molar-refractivity contribution in [3.8, 4) is 39.8 Å². The predicted molar refractivity (Wildman–Crippen MR) is 230 cm³/mol. The van der Waals surface area contributed by atoms with Gasteiger partial charge in [0.2, 0.25) is 15.8 Å². The fraction of sp³-hybridized carbons (Fsp3) is 0.214. The van der Waals surface area contributed by atoms with Gasteiger partial charge in [-0.15, -0.1) is 10.2 Å². The van der Waals surface area contributed by atoms with Gasteiger partial charge in [-0.3, -0.25) is 0 Å². The molecule has 0 fully saturated rings. The number of para-hydroxylation sites is 1. The number of nitrogens with zero attached hydrogens (tertiary/aromatic N) is 6. The Balaban J connectivity index is 1.52. The maximum Gasteiger partial charge on any atom is 0.404 e. The van der Waals surface area contributed by atoms with Gasteiger partial charge in [-0.2, -0.15) is 9.10 Å². The van der Waals surface area contributed by atoms with Gasteiger partial charge in [0.05, 0.1) is 54.6 Å². The number of rotatable bonds is 17. The molecule has 0 saturated heterocycles. The Labute approximate surface area is 357 Å². The van der Waals surface area contributed by atoms with E-state index in [1.165, 1.54) is 38.1 Å². The van der Waals surface area contributed by atoms with E-state index in [0.29, 0.717) is 45.0 Å². The second kappa shape index (κ2) is 17.9. The van der Waals surface area contributed by atoms with E-state index in [-0.39, 0.29) is 42.5 Å². The number of anilines is 1. The Bertz CT molecular complexity index is 2890. The maximum atomic E-state index is 15.9. The number of aromatic nitrogens is 6. The SMILES string of the molecule is COc1ccc(CN(Cc2ccc(OC)cc2)S(=O)(=O)c2c(S(=O)(=O)C(C)CNC(=O)O)ccc(-c3cccc4nc(N)[nH]c34)c2-c2nnn(Cc3ccc(OC)cc3)n2)cc1. The summed E-state index contributed by atoms with van der Waals surface area (Å²) in [6.07, 6.45) is -1.45. The predicted octanol–water partition coefficient (Wildman–Crippen LogP) is 5.36. The van der Waals surface area contributed by atoms with Crippen LogP contribution in [0.2, 0.25) is 0 Å². The monoisotopic (exact) mass is 881 g/mol. The zero-order valence-electron chi connectivity index (χ0n) is 34.0. The molecule has 2 heterocycles. The lowest BCUT2D eigenvalue weighted by Gasteiger charge is -2.27. The molecule has 2 aromatic heterocycles. The smallest absolute Gasteiger partial charge is 0.404 e. The summed E-state index contributed by atoms with van der Waals surface area (Å²) in [7, 11) is -5.04. The van der Waals surface area contributed by atoms with Crippen LogP contribution in [-0.2, 0) is 39.5 Å². The van der Waals surface area contributed by atoms with Crippen LogP contribution in [0.4, 0.5) is 10.7 Å². The molecule has 1 atom stereocenters. The Morgan fingerprint density at radius 3 is 1.92 bits per heavy atom. The fourth-order valence-corrected chi connectivity index (χ4v) is 10.5. The first-order valence-corrected chi connectivity index (χ1v) is 22.0. The molecule has 18 nitrogen and oxygen atoms in total. The standard InChI is InChI=1S/C42H43N9O9S2/c1-26(22-44-42(52)53)61(54,55)36-21-20-33(34-6-5-7-35-38(34)46-41(43)45-35)37(40-47-49-51(48-40)25-29-12-18-32(60-4)19-13-29)39(36)62(56,57)50(23-27-8-14-30(58-2)15-9-27)24-28-10-16-31(59-3)17-11-28/h5-21,26,44H,22-25H2,1-4H3,(H,52,53)(H3,43,45,46). The molecular formula is C42H43N9O9S2. The van der Waals surface area contributed by atoms with Gasteiger partial charge in [-0.05, 0) is 82.9 Å². The number of nitrogens with two attached hydrogens (primary N) is 1. The van der Waals surface area contributed by atoms with Crippen LogP contribution in [-0.4, -0.2) is 95.6 Å². The molecule has 0 saturated carbocycles. The lowest BCUT2D eigenvalue weighted by atomic mass is 9.98. The van der Waals surface area contributed by atoms with Crippen LogP contribution < -0.4 is 25.3 Å². The average Bonchev–Trinajstić information content (AvgIpc) is 3.91. The third-order valence-electron chi connectivity index (χ3n) is 10.1. The van der Waals surface area contributed by atoms with Crippen LogP contribution in [0.5, 0.6) is 17.2 Å². The molecule has 62 heavy (non-hydrogen) atoms. The highest BCUT2D eigenvalue weighted by molar-refractivity contribution is 7.94. The lowest BCUT2D eigenvalue weighted by Crippen LogP contribution is -2.36. The number of tetrazole rings is 1. The molecule has 0 aliphatic rings. The van der Waals surface area contributed by atoms with E-state index in [1.807, 2.05) is 12.1 Å². The highest BCUT2D eigenvalue weighted by Gasteiger charge is 2.39. The number of fused-ring (bicyclic) bond motifs is 1. The summed E-state index contributed by atoms with van der Waals surface area (Å²) in [4.78, 5) is 19.0. The van der Waals surface area contributed by atoms with E-state index >= 15 is 8.42 Å². The molecule has 7 rings (SSSR count). The summed E-state index contributed by atoms with van der Waals surface area (Å²) in [6.45, 7) is 0.416. The number of carbonyl (C=O) groups is 1. The van der Waals surface area contributed by atoms with Crippen molar-refractivity contribution in [3.05, 3.63) is 120 Å². The number of hydrogen-bond donors (Lipinski definition) is 4. The van der Waals surface area contributed by atoms with Gasteiger partial charge in [-0.1, -0.05) is 54.6 Å². The number of ether oxygens (including phenoxy) is 3. The number of sulfonamides is 1. The van der Waals surface area contributed by atoms with Gasteiger partial charge >= 0.3 is 6.09 Å². The van der Waals surface area contributed by atoms with Crippen LogP contribution in [0.3, 0.4) is 0 Å². The molecule has 0 bridgehead atoms. The van der Waals surface area contributed by atoms with Crippen molar-refractivity contribution in [2.75, 3.05) is 33.6 Å². The van der Waals surface area contributed by atoms with Crippen LogP contribution in [0.25, 0.3) is 33.5 Å². The molecule has 1 unspecified atom stereocenters. The van der Waals surface area contributed by atoms with Gasteiger partial charge in [0.25, 0.3) is 0 Å². The number of H-pyrrole nitrogens is 1. The molecule has 20 heteroatoms. The van der Waals surface area contributed by atoms with E-state index in [9.17, 15) is 18.3 Å². The van der Waals surface area contributed by atoms with Crippen molar-refractivity contribution in [2.24, 2.45) is 0 Å². The zero-order chi connectivity index (χ0) is 44.2. The molecule has 7 aromatic rings. The Kier molecular flexibility index (Phi) is 12.4. The van der Waals surface area contributed by atoms with Crippen molar-refractivity contribution in [1.29, 1.82) is 0 Å². The molecule has 322 valence electrons. The van der Waals surface area contributed by atoms with Crippen LogP contribution >= 0.6 is 0 Å². The van der Waals surface area contributed by atoms with Gasteiger partial charge in [-0.25, -0.2) is 26.6 Å². The van der Waals surface area contributed by atoms with E-state index in [1.54, 1.807) is 86.0 Å². The minimum absolute atomic E-state index is 0.0921. The molecule has 0 aliphatic heterocycles. The van der Waals surface area contributed by atoms with E-state index in [0.717, 1.165) is 9.87 Å². The number of aromatic amines is 1. The van der Waals surface area contributed by atoms with Gasteiger partial charge < -0.3 is 35.4 Å². The summed E-state index contributed by atoms with van der Waals surface area (Å²) in [6, 6.07) is 28.5. The summed E-state index contributed by atoms with van der Waals surface area (Å²) >= 11 is 0. The van der Waals surface area contributed by atoms with Crippen molar-refractivity contribution in [2.45, 2.75) is 41.6 Å². The number of sulfone groups is 1. The van der Waals surface area contributed by atoms with Gasteiger partial charge in [0, 0.05) is 25.2 Å². The molecule has 0 spiro atoms. The molecule has 0 aliphatic carbocycles. The second-order valence-corrected chi connectivity index (χ2v) is 18.3. The normalized spacial score (nSPS) is 12.3. The second-order valence-electron chi connectivity index (χ2n) is 14.1. The Morgan fingerprint density at radius 1 is 0.806 bits per heavy atom. The largest absolute Gasteiger partial charge is 0.497 e. The lowest BCUT2D eigenvalue weighted by molar-refractivity contribution is 0.194. The highest BCUT2D eigenvalue weighted by atomic mass is 32.2. The molecule has 0 radical (unpaired) electrons. The summed E-state index contributed by atoms with van der Waals surface area (Å²) in [5, 5.41) is 23.4. The molecule has 5 N–H and O–H groups in total. The fourth-order valence-electron chi connectivity index (χ4n) is 6.85. The number of carboxylic acid groups (broad SMARTS) is 1. The van der Waals surface area contributed by atoms with Crippen molar-refractivity contribution < 1.29 is 40.9 Å². The van der Waals surface area contributed by atoms with Crippen molar-refractivity contribution in [1.82, 2.24) is 39.8 Å². The summed E-state index contributed by atoms with van der Waals surface area (Å²) in [5.74, 6) is 1.60. The van der Waals surface area contributed by atoms with Crippen LogP contribution in [0, 0.1) is 0 Å². The number of methoxy groups -OCH3 is 3. The summed E-state index contributed by atoms with van der Waals surface area (Å²) < 4.78 is 78.6. The first-order valence-electron chi connectivity index (χ1n) is 19.0. The molecule has 5 aromatic carbocycles. The van der Waals surface area contributed by atoms with E-state index in [2.05, 4.69) is 30.7 Å². The number of nitrogen functional groups attached to an aromatic ring is 1. The van der Waals surface area contributed by atoms with Crippen molar-refractivity contribution in [3.63, 3.8) is 0 Å². The van der Waals surface area contributed by atoms with Gasteiger partial charge in [0.15, 0.2) is 15.8 Å². The van der Waals surface area contributed by atoms with Crippen LogP contribution in [0.1, 0.15) is 23.6 Å². The first-order chi connectivity index (χ1) is 29.7. The number of nitrogens with one attached hydrogen (secondary N) is 2. The van der Waals surface area contributed by atoms with E-state index in [4.69, 9.17) is 19.9 Å². The Hall–Kier alpha value is -7.03. The minimum Gasteiger partial charge on any atom is -0.497 e. The first kappa shape index (κ1) is 43.1. The van der Waals surface area contributed by atoms with Crippen molar-refractivity contribution >= 4 is 42.9 Å². The quantitative estimate of drug-likeness (QED) is 0.0900. The highest BCUT2D eigenvalue weighted by Crippen LogP contribution is 2.43. The molecule has 1 amide bonds. The summed E-state index contributed by atoms with van der Waals surface area (Å²) in [5.41, 5.74) is 9.33. The Morgan fingerprint density at radius 2 is 1.37 bits per heavy atom. The topological polar surface area (TPSA) is 247 Å². The average molecular weight is 882 g/mol. The number of hydrogen-bond acceptors (Lipinski definition) is 13. The zero-order valence-corrected chi connectivity index (χ0v) is 35.6. The third-order valence-corrected chi connectivity index (χ3v) is 14.3. The minimum atomic E-state index is -4.95.